The molecule has 2 atom stereocenters. The molecule has 2 saturated heterocycles. The summed E-state index contributed by atoms with van der Waals surface area (Å²) in [4.78, 5) is 0. The zero-order valence-electron chi connectivity index (χ0n) is 5.31. The molecule has 0 aromatic rings. The minimum atomic E-state index is -0.531. The van der Waals surface area contributed by atoms with Gasteiger partial charge in [0.1, 0.15) is 0 Å². The Hall–Kier alpha value is -0.120. The van der Waals surface area contributed by atoms with E-state index in [1.54, 1.807) is 0 Å². The average Bonchev–Trinajstić information content (AvgIpc) is 2.40. The standard InChI is InChI=1S/C6H11N2O/c7-6-3-1-2-4-8-5(6)9-6/h5,7-8H,1-4H2/t5?,6-/m0/s1. The number of ether oxygens (including phenoxy) is 1. The maximum Gasteiger partial charge on any atom is 0.173 e. The second-order valence-corrected chi connectivity index (χ2v) is 2.80. The van der Waals surface area contributed by atoms with E-state index in [-0.39, 0.29) is 6.23 Å². The smallest absolute Gasteiger partial charge is 0.173 e. The van der Waals surface area contributed by atoms with Crippen molar-refractivity contribution in [2.45, 2.75) is 31.2 Å². The summed E-state index contributed by atoms with van der Waals surface area (Å²) in [7, 11) is 0. The van der Waals surface area contributed by atoms with Gasteiger partial charge in [0.15, 0.2) is 12.0 Å². The first-order chi connectivity index (χ1) is 4.31. The number of fused-ring (bicyclic) bond motifs is 1. The van der Waals surface area contributed by atoms with Crippen molar-refractivity contribution >= 4 is 0 Å². The Morgan fingerprint density at radius 2 is 2.44 bits per heavy atom. The zero-order chi connectivity index (χ0) is 6.32. The molecule has 0 aliphatic carbocycles. The molecule has 2 fully saturated rings. The van der Waals surface area contributed by atoms with E-state index in [4.69, 9.17) is 10.5 Å². The lowest BCUT2D eigenvalue weighted by molar-refractivity contribution is 0.258. The fraction of sp³-hybridized carbons (Fsp3) is 1.00. The summed E-state index contributed by atoms with van der Waals surface area (Å²) >= 11 is 0. The lowest BCUT2D eigenvalue weighted by atomic mass is 10.1. The maximum atomic E-state index is 7.56. The first-order valence-electron chi connectivity index (χ1n) is 3.47. The highest BCUT2D eigenvalue weighted by atomic mass is 16.6. The molecule has 1 unspecified atom stereocenters. The minimum absolute atomic E-state index is 0.0556. The van der Waals surface area contributed by atoms with Gasteiger partial charge in [-0.05, 0) is 25.8 Å². The molecule has 0 aromatic heterocycles. The van der Waals surface area contributed by atoms with E-state index in [1.807, 2.05) is 0 Å². The Morgan fingerprint density at radius 3 is 3.33 bits per heavy atom. The van der Waals surface area contributed by atoms with Gasteiger partial charge in [-0.2, -0.15) is 0 Å². The third kappa shape index (κ3) is 0.852. The topological polar surface area (TPSA) is 48.4 Å². The van der Waals surface area contributed by atoms with Crippen molar-refractivity contribution < 1.29 is 4.74 Å². The quantitative estimate of drug-likeness (QED) is 0.469. The van der Waals surface area contributed by atoms with Crippen molar-refractivity contribution in [2.75, 3.05) is 6.54 Å². The van der Waals surface area contributed by atoms with Crippen LogP contribution < -0.4 is 11.1 Å². The summed E-state index contributed by atoms with van der Waals surface area (Å²) in [5.41, 5.74) is 7.02. The number of epoxide rings is 1. The van der Waals surface area contributed by atoms with E-state index in [0.29, 0.717) is 0 Å². The molecule has 2 heterocycles. The third-order valence-corrected chi connectivity index (χ3v) is 2.00. The second kappa shape index (κ2) is 1.68. The SMILES string of the molecule is [NH][C@]12CCCCNC1O2. The van der Waals surface area contributed by atoms with Crippen molar-refractivity contribution in [3.63, 3.8) is 0 Å². The van der Waals surface area contributed by atoms with Crippen LogP contribution in [0.2, 0.25) is 0 Å². The number of hydrogen-bond acceptors (Lipinski definition) is 2. The Labute approximate surface area is 54.6 Å². The van der Waals surface area contributed by atoms with Crippen molar-refractivity contribution in [1.29, 1.82) is 0 Å². The molecular formula is C6H11N2O. The van der Waals surface area contributed by atoms with Gasteiger partial charge in [0.2, 0.25) is 0 Å². The van der Waals surface area contributed by atoms with Gasteiger partial charge in [0.25, 0.3) is 0 Å². The predicted molar refractivity (Wildman–Crippen MR) is 32.6 cm³/mol. The van der Waals surface area contributed by atoms with Gasteiger partial charge in [-0.1, -0.05) is 0 Å². The molecule has 2 aliphatic rings. The second-order valence-electron chi connectivity index (χ2n) is 2.80. The molecule has 0 amide bonds. The van der Waals surface area contributed by atoms with Crippen LogP contribution in [0.4, 0.5) is 0 Å². The Morgan fingerprint density at radius 1 is 1.56 bits per heavy atom. The van der Waals surface area contributed by atoms with Crippen molar-refractivity contribution in [3.05, 3.63) is 0 Å². The van der Waals surface area contributed by atoms with Gasteiger partial charge in [-0.3, -0.25) is 5.32 Å². The fourth-order valence-electron chi connectivity index (χ4n) is 1.32. The lowest BCUT2D eigenvalue weighted by Gasteiger charge is -1.97. The molecule has 0 saturated carbocycles. The summed E-state index contributed by atoms with van der Waals surface area (Å²) < 4.78 is 5.10. The molecule has 9 heavy (non-hydrogen) atoms. The average molecular weight is 127 g/mol. The summed E-state index contributed by atoms with van der Waals surface area (Å²) in [6.45, 7) is 1.02. The molecule has 51 valence electrons. The largest absolute Gasteiger partial charge is 0.332 e. The summed E-state index contributed by atoms with van der Waals surface area (Å²) in [6, 6.07) is 0. The van der Waals surface area contributed by atoms with Gasteiger partial charge in [0.05, 0.1) is 0 Å². The van der Waals surface area contributed by atoms with E-state index in [9.17, 15) is 0 Å². The molecule has 2 N–H and O–H groups in total. The van der Waals surface area contributed by atoms with E-state index in [2.05, 4.69) is 5.32 Å². The Bertz CT molecular complexity index is 128. The normalized spacial score (nSPS) is 49.7. The molecule has 0 bridgehead atoms. The van der Waals surface area contributed by atoms with E-state index < -0.39 is 5.72 Å². The minimum Gasteiger partial charge on any atom is -0.332 e. The first-order valence-corrected chi connectivity index (χ1v) is 3.47. The van der Waals surface area contributed by atoms with Crippen LogP contribution in [-0.2, 0) is 4.74 Å². The molecular weight excluding hydrogens is 116 g/mol. The Kier molecular flexibility index (Phi) is 1.06. The van der Waals surface area contributed by atoms with Crippen molar-refractivity contribution in [1.82, 2.24) is 11.1 Å². The monoisotopic (exact) mass is 127 g/mol. The molecule has 2 rings (SSSR count). The summed E-state index contributed by atoms with van der Waals surface area (Å²) in [5.74, 6) is 0. The molecule has 1 radical (unpaired) electrons. The van der Waals surface area contributed by atoms with Crippen LogP contribution in [0.1, 0.15) is 19.3 Å². The molecule has 0 spiro atoms. The molecule has 2 aliphatic heterocycles. The molecule has 0 aromatic carbocycles. The zero-order valence-corrected chi connectivity index (χ0v) is 5.31. The van der Waals surface area contributed by atoms with Crippen LogP contribution in [0.15, 0.2) is 0 Å². The van der Waals surface area contributed by atoms with Crippen molar-refractivity contribution in [2.24, 2.45) is 0 Å². The highest BCUT2D eigenvalue weighted by molar-refractivity contribution is 4.96. The van der Waals surface area contributed by atoms with Gasteiger partial charge in [-0.15, -0.1) is 0 Å². The Balaban J connectivity index is 2.00. The molecule has 3 heteroatoms. The number of hydrogen-bond donors (Lipinski definition) is 1. The van der Waals surface area contributed by atoms with Gasteiger partial charge < -0.3 is 4.74 Å². The number of nitrogens with one attached hydrogen (secondary N) is 2. The number of rotatable bonds is 0. The van der Waals surface area contributed by atoms with Crippen LogP contribution in [-0.4, -0.2) is 18.5 Å². The van der Waals surface area contributed by atoms with Crippen LogP contribution in [0.5, 0.6) is 0 Å². The van der Waals surface area contributed by atoms with Crippen LogP contribution >= 0.6 is 0 Å². The first kappa shape index (κ1) is 5.65. The van der Waals surface area contributed by atoms with Crippen LogP contribution in [0.3, 0.4) is 0 Å². The van der Waals surface area contributed by atoms with Gasteiger partial charge in [-0.25, -0.2) is 5.73 Å². The lowest BCUT2D eigenvalue weighted by Crippen LogP contribution is -2.25. The molecule has 3 nitrogen and oxygen atoms in total. The van der Waals surface area contributed by atoms with E-state index in [0.717, 1.165) is 19.4 Å². The van der Waals surface area contributed by atoms with Crippen LogP contribution in [0, 0.1) is 0 Å². The summed E-state index contributed by atoms with van der Waals surface area (Å²) in [6.07, 6.45) is 3.29. The fourth-order valence-corrected chi connectivity index (χ4v) is 1.32. The van der Waals surface area contributed by atoms with Crippen molar-refractivity contribution in [3.8, 4) is 0 Å². The highest BCUT2D eigenvalue weighted by Gasteiger charge is 2.54. The van der Waals surface area contributed by atoms with E-state index in [1.165, 1.54) is 6.42 Å². The summed E-state index contributed by atoms with van der Waals surface area (Å²) in [5, 5.41) is 3.15. The van der Waals surface area contributed by atoms with Crippen LogP contribution in [0.25, 0.3) is 0 Å². The third-order valence-electron chi connectivity index (χ3n) is 2.00. The van der Waals surface area contributed by atoms with E-state index >= 15 is 0 Å². The van der Waals surface area contributed by atoms with Gasteiger partial charge in [0, 0.05) is 0 Å². The van der Waals surface area contributed by atoms with Gasteiger partial charge >= 0.3 is 0 Å². The highest BCUT2D eigenvalue weighted by Crippen LogP contribution is 2.36. The maximum absolute atomic E-state index is 7.56. The predicted octanol–water partition coefficient (Wildman–Crippen LogP) is 0.0954.